The maximum Gasteiger partial charge on any atom is 0.306 e. The average molecular weight is 781 g/mol. The molecule has 1 aliphatic heterocycles. The van der Waals surface area contributed by atoms with E-state index in [2.05, 4.69) is 50.3 Å². The van der Waals surface area contributed by atoms with E-state index in [9.17, 15) is 30.0 Å². The van der Waals surface area contributed by atoms with E-state index in [1.807, 2.05) is 0 Å². The van der Waals surface area contributed by atoms with Gasteiger partial charge in [0, 0.05) is 12.8 Å². The highest BCUT2D eigenvalue weighted by Gasteiger charge is 2.44. The van der Waals surface area contributed by atoms with Crippen molar-refractivity contribution in [2.24, 2.45) is 0 Å². The third-order valence-electron chi connectivity index (χ3n) is 10.00. The summed E-state index contributed by atoms with van der Waals surface area (Å²) < 4.78 is 22.1. The van der Waals surface area contributed by atoms with Crippen LogP contribution < -0.4 is 0 Å². The molecule has 10 nitrogen and oxygen atoms in total. The maximum absolute atomic E-state index is 12.7. The lowest BCUT2D eigenvalue weighted by Gasteiger charge is -2.39. The molecule has 1 aliphatic rings. The van der Waals surface area contributed by atoms with E-state index in [1.54, 1.807) is 0 Å². The van der Waals surface area contributed by atoms with E-state index in [1.165, 1.54) is 64.2 Å². The van der Waals surface area contributed by atoms with Crippen molar-refractivity contribution >= 4 is 11.9 Å². The van der Waals surface area contributed by atoms with Gasteiger partial charge in [0.25, 0.3) is 0 Å². The summed E-state index contributed by atoms with van der Waals surface area (Å²) in [6.45, 7) is 3.36. The third kappa shape index (κ3) is 28.0. The zero-order chi connectivity index (χ0) is 40.2. The van der Waals surface area contributed by atoms with E-state index in [-0.39, 0.29) is 32.0 Å². The van der Waals surface area contributed by atoms with Crippen LogP contribution in [0.5, 0.6) is 0 Å². The van der Waals surface area contributed by atoms with Crippen molar-refractivity contribution in [2.45, 2.75) is 218 Å². The molecule has 0 aromatic rings. The van der Waals surface area contributed by atoms with Crippen LogP contribution in [0.1, 0.15) is 181 Å². The topological polar surface area (TPSA) is 152 Å². The van der Waals surface area contributed by atoms with Gasteiger partial charge in [-0.2, -0.15) is 0 Å². The number of allylic oxidation sites excluding steroid dienone is 6. The number of rotatable bonds is 36. The molecule has 0 amide bonds. The quantitative estimate of drug-likeness (QED) is 0.0275. The first-order valence-electron chi connectivity index (χ1n) is 22.1. The number of aliphatic hydroxyl groups excluding tert-OH is 4. The molecule has 1 saturated heterocycles. The lowest BCUT2D eigenvalue weighted by Crippen LogP contribution is -2.59. The van der Waals surface area contributed by atoms with Crippen molar-refractivity contribution in [3.05, 3.63) is 36.5 Å². The molecule has 1 fully saturated rings. The second-order valence-corrected chi connectivity index (χ2v) is 15.1. The fraction of sp³-hybridized carbons (Fsp3) is 0.822. The van der Waals surface area contributed by atoms with E-state index in [0.29, 0.717) is 12.8 Å². The molecular weight excluding hydrogens is 700 g/mol. The van der Waals surface area contributed by atoms with Gasteiger partial charge in [-0.05, 0) is 70.6 Å². The van der Waals surface area contributed by atoms with Crippen LogP contribution in [-0.4, -0.2) is 89.0 Å². The van der Waals surface area contributed by atoms with Gasteiger partial charge in [0.1, 0.15) is 31.0 Å². The summed E-state index contributed by atoms with van der Waals surface area (Å²) in [6, 6.07) is 0. The average Bonchev–Trinajstić information content (AvgIpc) is 3.18. The predicted octanol–water partition coefficient (Wildman–Crippen LogP) is 9.11. The number of ether oxygens (including phenoxy) is 4. The Balaban J connectivity index is 2.36. The first-order chi connectivity index (χ1) is 26.8. The lowest BCUT2D eigenvalue weighted by molar-refractivity contribution is -0.305. The fourth-order valence-corrected chi connectivity index (χ4v) is 6.45. The minimum atomic E-state index is -1.60. The molecule has 0 saturated carbocycles. The van der Waals surface area contributed by atoms with Crippen LogP contribution in [0.15, 0.2) is 36.5 Å². The maximum atomic E-state index is 12.7. The molecule has 6 atom stereocenters. The predicted molar refractivity (Wildman–Crippen MR) is 219 cm³/mol. The van der Waals surface area contributed by atoms with Crippen LogP contribution in [-0.2, 0) is 28.5 Å². The van der Waals surface area contributed by atoms with Gasteiger partial charge < -0.3 is 39.4 Å². The zero-order valence-corrected chi connectivity index (χ0v) is 34.7. The molecule has 1 heterocycles. The largest absolute Gasteiger partial charge is 0.462 e. The molecule has 55 heavy (non-hydrogen) atoms. The molecule has 10 heteroatoms. The standard InChI is InChI=1S/C45H80O10/c1-3-5-7-9-11-13-15-17-19-21-23-25-27-29-31-33-40(47)52-36-38(37-53-45-44(51)43(50)42(49)39(35-46)55-45)54-41(48)34-32-30-28-26-24-22-20-18-16-14-12-10-8-6-4-2/h12,14,17-20,38-39,42-46,49-51H,3-11,13,15-16,21-37H2,1-2H3/b14-12-,19-17-,20-18-. The molecule has 0 aliphatic carbocycles. The van der Waals surface area contributed by atoms with Crippen LogP contribution in [0.4, 0.5) is 0 Å². The normalized spacial score (nSPS) is 20.9. The number of aliphatic hydroxyl groups is 4. The molecule has 0 bridgehead atoms. The molecule has 0 aromatic heterocycles. The third-order valence-corrected chi connectivity index (χ3v) is 10.00. The molecule has 0 spiro atoms. The highest BCUT2D eigenvalue weighted by molar-refractivity contribution is 5.70. The number of hydrogen-bond acceptors (Lipinski definition) is 10. The summed E-state index contributed by atoms with van der Waals surface area (Å²) in [5.41, 5.74) is 0. The monoisotopic (exact) mass is 781 g/mol. The minimum absolute atomic E-state index is 0.212. The van der Waals surface area contributed by atoms with Gasteiger partial charge in [-0.1, -0.05) is 134 Å². The van der Waals surface area contributed by atoms with Crippen molar-refractivity contribution in [1.29, 1.82) is 0 Å². The Hall–Kier alpha value is -2.08. The summed E-state index contributed by atoms with van der Waals surface area (Å²) in [4.78, 5) is 25.3. The Morgan fingerprint density at radius 3 is 1.56 bits per heavy atom. The van der Waals surface area contributed by atoms with Crippen molar-refractivity contribution in [3.63, 3.8) is 0 Å². The van der Waals surface area contributed by atoms with Gasteiger partial charge >= 0.3 is 11.9 Å². The summed E-state index contributed by atoms with van der Waals surface area (Å²) >= 11 is 0. The van der Waals surface area contributed by atoms with Crippen LogP contribution in [0, 0.1) is 0 Å². The second kappa shape index (κ2) is 36.3. The van der Waals surface area contributed by atoms with Gasteiger partial charge in [0.05, 0.1) is 13.2 Å². The van der Waals surface area contributed by atoms with Crippen molar-refractivity contribution < 1.29 is 49.0 Å². The Labute approximate surface area is 334 Å². The SMILES string of the molecule is CCCCC/C=C\C/C=C\CCCCCCCC(=O)OC(COC(=O)CCCCCCC/C=C\CCCCCCCC)COC1OC(CO)C(O)C(O)C1O. The first kappa shape index (κ1) is 50.9. The highest BCUT2D eigenvalue weighted by Crippen LogP contribution is 2.22. The summed E-state index contributed by atoms with van der Waals surface area (Å²) in [6.07, 6.45) is 32.9. The van der Waals surface area contributed by atoms with Crippen LogP contribution in [0.25, 0.3) is 0 Å². The fourth-order valence-electron chi connectivity index (χ4n) is 6.45. The number of hydrogen-bond donors (Lipinski definition) is 4. The Morgan fingerprint density at radius 2 is 1.02 bits per heavy atom. The second-order valence-electron chi connectivity index (χ2n) is 15.1. The van der Waals surface area contributed by atoms with Crippen LogP contribution in [0.2, 0.25) is 0 Å². The van der Waals surface area contributed by atoms with Crippen molar-refractivity contribution in [1.82, 2.24) is 0 Å². The van der Waals surface area contributed by atoms with Gasteiger partial charge in [-0.3, -0.25) is 9.59 Å². The van der Waals surface area contributed by atoms with Gasteiger partial charge in [0.15, 0.2) is 12.4 Å². The Morgan fingerprint density at radius 1 is 0.564 bits per heavy atom. The first-order valence-corrected chi connectivity index (χ1v) is 22.1. The zero-order valence-electron chi connectivity index (χ0n) is 34.7. The number of carbonyl (C=O) groups excluding carboxylic acids is 2. The smallest absolute Gasteiger partial charge is 0.306 e. The van der Waals surface area contributed by atoms with E-state index >= 15 is 0 Å². The van der Waals surface area contributed by atoms with Crippen molar-refractivity contribution in [2.75, 3.05) is 19.8 Å². The van der Waals surface area contributed by atoms with E-state index in [4.69, 9.17) is 18.9 Å². The summed E-state index contributed by atoms with van der Waals surface area (Å²) in [5, 5.41) is 40.0. The Kier molecular flexibility index (Phi) is 33.6. The molecule has 4 N–H and O–H groups in total. The number of esters is 2. The summed E-state index contributed by atoms with van der Waals surface area (Å²) in [5.74, 6) is -0.832. The summed E-state index contributed by atoms with van der Waals surface area (Å²) in [7, 11) is 0. The minimum Gasteiger partial charge on any atom is -0.462 e. The van der Waals surface area contributed by atoms with Crippen LogP contribution in [0.3, 0.4) is 0 Å². The molecule has 320 valence electrons. The van der Waals surface area contributed by atoms with E-state index < -0.39 is 49.4 Å². The molecular formula is C45H80O10. The number of unbranched alkanes of at least 4 members (excludes halogenated alkanes) is 19. The van der Waals surface area contributed by atoms with E-state index in [0.717, 1.165) is 77.0 Å². The van der Waals surface area contributed by atoms with Gasteiger partial charge in [0.2, 0.25) is 0 Å². The molecule has 1 rings (SSSR count). The highest BCUT2D eigenvalue weighted by atomic mass is 16.7. The Bertz CT molecular complexity index is 996. The lowest BCUT2D eigenvalue weighted by atomic mass is 9.99. The van der Waals surface area contributed by atoms with Crippen LogP contribution >= 0.6 is 0 Å². The van der Waals surface area contributed by atoms with Gasteiger partial charge in [-0.25, -0.2) is 0 Å². The number of carbonyl (C=O) groups is 2. The molecule has 0 radical (unpaired) electrons. The van der Waals surface area contributed by atoms with Crippen molar-refractivity contribution in [3.8, 4) is 0 Å². The molecule has 6 unspecified atom stereocenters. The van der Waals surface area contributed by atoms with Gasteiger partial charge in [-0.15, -0.1) is 0 Å². The molecule has 0 aromatic carbocycles.